The number of benzene rings is 1. The Bertz CT molecular complexity index is 804. The second-order valence-corrected chi connectivity index (χ2v) is 8.66. The molecule has 0 atom stereocenters. The molecule has 22 heavy (non-hydrogen) atoms. The van der Waals surface area contributed by atoms with Gasteiger partial charge in [-0.15, -0.1) is 10.2 Å². The average molecular weight is 368 g/mol. The van der Waals surface area contributed by atoms with E-state index in [2.05, 4.69) is 23.2 Å². The van der Waals surface area contributed by atoms with Crippen LogP contribution in [0.15, 0.2) is 32.9 Å². The van der Waals surface area contributed by atoms with Crippen molar-refractivity contribution in [2.24, 2.45) is 0 Å². The monoisotopic (exact) mass is 367 g/mol. The number of hydrogen-bond donors (Lipinski definition) is 0. The van der Waals surface area contributed by atoms with E-state index in [1.807, 2.05) is 25.1 Å². The molecule has 3 aromatic rings. The molecule has 0 saturated heterocycles. The number of fused-ring (bicyclic) bond motifs is 1. The molecule has 7 heteroatoms. The summed E-state index contributed by atoms with van der Waals surface area (Å²) in [5.41, 5.74) is 2.98. The van der Waals surface area contributed by atoms with Crippen molar-refractivity contribution >= 4 is 57.4 Å². The van der Waals surface area contributed by atoms with Gasteiger partial charge in [0.1, 0.15) is 0 Å². The van der Waals surface area contributed by atoms with Crippen molar-refractivity contribution in [2.45, 2.75) is 28.3 Å². The van der Waals surface area contributed by atoms with Crippen molar-refractivity contribution < 1.29 is 0 Å². The Labute approximate surface area is 146 Å². The second kappa shape index (κ2) is 7.17. The normalized spacial score (nSPS) is 11.2. The first-order chi connectivity index (χ1) is 10.7. The van der Waals surface area contributed by atoms with Gasteiger partial charge >= 0.3 is 0 Å². The maximum Gasteiger partial charge on any atom is 0.175 e. The van der Waals surface area contributed by atoms with Gasteiger partial charge in [0.2, 0.25) is 0 Å². The van der Waals surface area contributed by atoms with Gasteiger partial charge in [-0.2, -0.15) is 0 Å². The number of nitrogens with zero attached hydrogens (tertiary/aromatic N) is 3. The molecule has 0 N–H and O–H groups in total. The van der Waals surface area contributed by atoms with Gasteiger partial charge in [0, 0.05) is 11.1 Å². The van der Waals surface area contributed by atoms with E-state index < -0.39 is 0 Å². The Balaban J connectivity index is 1.82. The minimum atomic E-state index is 0.704. The zero-order valence-corrected chi connectivity index (χ0v) is 15.4. The van der Waals surface area contributed by atoms with Gasteiger partial charge in [-0.3, -0.25) is 4.98 Å². The Morgan fingerprint density at radius 1 is 1.14 bits per heavy atom. The number of aryl methyl sites for hydroxylation is 1. The maximum absolute atomic E-state index is 6.48. The highest BCUT2D eigenvalue weighted by molar-refractivity contribution is 8.02. The Morgan fingerprint density at radius 3 is 2.64 bits per heavy atom. The zero-order valence-electron chi connectivity index (χ0n) is 12.2. The first-order valence-corrected chi connectivity index (χ1v) is 9.98. The quantitative estimate of drug-likeness (QED) is 0.560. The number of hydrogen-bond acceptors (Lipinski definition) is 6. The lowest BCUT2D eigenvalue weighted by molar-refractivity contribution is 0.954. The number of halogens is 1. The predicted molar refractivity (Wildman–Crippen MR) is 97.4 cm³/mol. The van der Waals surface area contributed by atoms with E-state index in [1.165, 1.54) is 0 Å². The molecular weight excluding hydrogens is 354 g/mol. The third-order valence-corrected chi connectivity index (χ3v) is 6.72. The molecule has 0 aliphatic heterocycles. The summed E-state index contributed by atoms with van der Waals surface area (Å²) in [7, 11) is 0. The fraction of sp³-hybridized carbons (Fsp3) is 0.267. The average Bonchev–Trinajstić information content (AvgIpc) is 2.97. The van der Waals surface area contributed by atoms with Crippen LogP contribution in [0.2, 0.25) is 5.02 Å². The molecular formula is C15H14ClN3S3. The van der Waals surface area contributed by atoms with Crippen LogP contribution < -0.4 is 0 Å². The number of rotatable bonds is 5. The Hall–Kier alpha value is -0.820. The maximum atomic E-state index is 6.48. The van der Waals surface area contributed by atoms with Crippen LogP contribution >= 0.6 is 46.5 Å². The largest absolute Gasteiger partial charge is 0.250 e. The molecule has 0 spiro atoms. The van der Waals surface area contributed by atoms with Crippen LogP contribution in [0.1, 0.15) is 18.2 Å². The van der Waals surface area contributed by atoms with Crippen LogP contribution in [0.5, 0.6) is 0 Å². The van der Waals surface area contributed by atoms with Gasteiger partial charge in [-0.25, -0.2) is 0 Å². The first-order valence-electron chi connectivity index (χ1n) is 6.82. The van der Waals surface area contributed by atoms with E-state index in [9.17, 15) is 0 Å². The number of pyridine rings is 1. The topological polar surface area (TPSA) is 38.7 Å². The van der Waals surface area contributed by atoms with Crippen molar-refractivity contribution in [1.29, 1.82) is 0 Å². The summed E-state index contributed by atoms with van der Waals surface area (Å²) in [6.45, 7) is 4.15. The molecule has 1 aromatic carbocycles. The lowest BCUT2D eigenvalue weighted by Crippen LogP contribution is -1.94. The summed E-state index contributed by atoms with van der Waals surface area (Å²) < 4.78 is 1.97. The number of aromatic nitrogens is 3. The van der Waals surface area contributed by atoms with Gasteiger partial charge in [0.25, 0.3) is 0 Å². The predicted octanol–water partition coefficient (Wildman–Crippen LogP) is 5.45. The molecule has 2 heterocycles. The summed E-state index contributed by atoms with van der Waals surface area (Å²) in [4.78, 5) is 4.69. The third-order valence-electron chi connectivity index (χ3n) is 3.13. The first kappa shape index (κ1) is 16.1. The minimum absolute atomic E-state index is 0.704. The molecule has 2 aromatic heterocycles. The highest BCUT2D eigenvalue weighted by atomic mass is 35.5. The highest BCUT2D eigenvalue weighted by Gasteiger charge is 2.12. The minimum Gasteiger partial charge on any atom is -0.250 e. The zero-order chi connectivity index (χ0) is 15.5. The molecule has 3 nitrogen and oxygen atoms in total. The molecule has 114 valence electrons. The van der Waals surface area contributed by atoms with Crippen molar-refractivity contribution in [1.82, 2.24) is 15.2 Å². The van der Waals surface area contributed by atoms with E-state index in [0.29, 0.717) is 5.75 Å². The second-order valence-electron chi connectivity index (χ2n) is 4.57. The molecule has 0 radical (unpaired) electrons. The fourth-order valence-corrected chi connectivity index (χ4v) is 5.23. The van der Waals surface area contributed by atoms with Gasteiger partial charge in [-0.05, 0) is 24.3 Å². The number of para-hydroxylation sites is 1. The van der Waals surface area contributed by atoms with Crippen LogP contribution in [-0.4, -0.2) is 20.9 Å². The molecule has 0 amide bonds. The standard InChI is InChI=1S/C15H14ClN3S3/c1-3-20-14-18-19-15(22-14)21-8-12-13(16)9(2)10-6-4-5-7-11(10)17-12/h4-7H,3,8H2,1-2H3. The number of thioether (sulfide) groups is 2. The smallest absolute Gasteiger partial charge is 0.175 e. The van der Waals surface area contributed by atoms with E-state index in [-0.39, 0.29) is 0 Å². The van der Waals surface area contributed by atoms with Crippen LogP contribution in [-0.2, 0) is 5.75 Å². The third kappa shape index (κ3) is 3.40. The van der Waals surface area contributed by atoms with Gasteiger partial charge in [-0.1, -0.05) is 71.6 Å². The van der Waals surface area contributed by atoms with E-state index >= 15 is 0 Å². The van der Waals surface area contributed by atoms with Crippen LogP contribution in [0, 0.1) is 6.92 Å². The summed E-state index contributed by atoms with van der Waals surface area (Å²) in [5.74, 6) is 1.71. The van der Waals surface area contributed by atoms with Crippen molar-refractivity contribution in [3.63, 3.8) is 0 Å². The van der Waals surface area contributed by atoms with Crippen LogP contribution in [0.25, 0.3) is 10.9 Å². The summed E-state index contributed by atoms with van der Waals surface area (Å²) in [6, 6.07) is 8.09. The molecule has 0 aliphatic carbocycles. The van der Waals surface area contributed by atoms with E-state index in [4.69, 9.17) is 16.6 Å². The molecule has 3 rings (SSSR count). The molecule has 0 unspecified atom stereocenters. The van der Waals surface area contributed by atoms with Crippen LogP contribution in [0.4, 0.5) is 0 Å². The van der Waals surface area contributed by atoms with Crippen molar-refractivity contribution in [3.05, 3.63) is 40.5 Å². The van der Waals surface area contributed by atoms with Crippen molar-refractivity contribution in [3.8, 4) is 0 Å². The Morgan fingerprint density at radius 2 is 1.86 bits per heavy atom. The van der Waals surface area contributed by atoms with E-state index in [1.54, 1.807) is 34.9 Å². The summed E-state index contributed by atoms with van der Waals surface area (Å²) >= 11 is 11.5. The highest BCUT2D eigenvalue weighted by Crippen LogP contribution is 2.34. The molecule has 0 bridgehead atoms. The fourth-order valence-electron chi connectivity index (χ4n) is 2.08. The SMILES string of the molecule is CCSc1nnc(SCc2nc3ccccc3c(C)c2Cl)s1. The van der Waals surface area contributed by atoms with Gasteiger partial charge in [0.05, 0.1) is 16.2 Å². The van der Waals surface area contributed by atoms with Gasteiger partial charge < -0.3 is 0 Å². The van der Waals surface area contributed by atoms with E-state index in [0.717, 1.165) is 41.6 Å². The lowest BCUT2D eigenvalue weighted by atomic mass is 10.1. The Kier molecular flexibility index (Phi) is 5.23. The van der Waals surface area contributed by atoms with Crippen molar-refractivity contribution in [2.75, 3.05) is 5.75 Å². The summed E-state index contributed by atoms with van der Waals surface area (Å²) in [6.07, 6.45) is 0. The molecule has 0 saturated carbocycles. The molecule has 0 aliphatic rings. The van der Waals surface area contributed by atoms with Crippen LogP contribution in [0.3, 0.4) is 0 Å². The van der Waals surface area contributed by atoms with Gasteiger partial charge in [0.15, 0.2) is 8.68 Å². The lowest BCUT2D eigenvalue weighted by Gasteiger charge is -2.09. The summed E-state index contributed by atoms with van der Waals surface area (Å²) in [5, 5.41) is 10.2. The molecule has 0 fully saturated rings.